The van der Waals surface area contributed by atoms with Crippen molar-refractivity contribution in [1.29, 1.82) is 0 Å². The minimum absolute atomic E-state index is 0.173. The van der Waals surface area contributed by atoms with E-state index < -0.39 is 17.5 Å². The molecule has 0 spiro atoms. The van der Waals surface area contributed by atoms with E-state index in [4.69, 9.17) is 0 Å². The van der Waals surface area contributed by atoms with Crippen LogP contribution in [0, 0.1) is 5.82 Å². The summed E-state index contributed by atoms with van der Waals surface area (Å²) in [6, 6.07) is 4.45. The molecule has 0 radical (unpaired) electrons. The number of halogens is 1. The molecular weight excluding hydrogens is 235 g/mol. The topological polar surface area (TPSA) is 49.4 Å². The predicted octanol–water partition coefficient (Wildman–Crippen LogP) is 1.11. The van der Waals surface area contributed by atoms with E-state index in [2.05, 4.69) is 5.32 Å². The van der Waals surface area contributed by atoms with E-state index in [1.807, 2.05) is 0 Å². The Balaban J connectivity index is 1.78. The van der Waals surface area contributed by atoms with Crippen LogP contribution in [0.4, 0.5) is 10.1 Å². The minimum atomic E-state index is -0.615. The van der Waals surface area contributed by atoms with Gasteiger partial charge < -0.3 is 10.2 Å². The Morgan fingerprint density at radius 1 is 1.33 bits per heavy atom. The van der Waals surface area contributed by atoms with Crippen LogP contribution < -0.4 is 10.2 Å². The molecule has 1 saturated carbocycles. The maximum absolute atomic E-state index is 13.1. The zero-order valence-electron chi connectivity index (χ0n) is 9.78. The normalized spacial score (nSPS) is 18.4. The molecule has 1 N–H and O–H groups in total. The molecule has 94 valence electrons. The Morgan fingerprint density at radius 3 is 2.83 bits per heavy atom. The first-order valence-electron chi connectivity index (χ1n) is 6.06. The lowest BCUT2D eigenvalue weighted by molar-refractivity contribution is -0.114. The van der Waals surface area contributed by atoms with Gasteiger partial charge in [0.05, 0.1) is 11.3 Å². The lowest BCUT2D eigenvalue weighted by Gasteiger charge is -2.16. The Kier molecular flexibility index (Phi) is 2.63. The van der Waals surface area contributed by atoms with Crippen molar-refractivity contribution in [2.24, 2.45) is 0 Å². The molecule has 1 fully saturated rings. The summed E-state index contributed by atoms with van der Waals surface area (Å²) in [5.41, 5.74) is 0.690. The zero-order chi connectivity index (χ0) is 12.7. The molecule has 0 bridgehead atoms. The van der Waals surface area contributed by atoms with Crippen molar-refractivity contribution >= 4 is 17.4 Å². The number of rotatable bonds is 4. The summed E-state index contributed by atoms with van der Waals surface area (Å²) in [6.45, 7) is 1.10. The molecule has 1 aliphatic carbocycles. The third-order valence-electron chi connectivity index (χ3n) is 3.28. The summed E-state index contributed by atoms with van der Waals surface area (Å²) in [5, 5.41) is 3.28. The van der Waals surface area contributed by atoms with Gasteiger partial charge in [-0.2, -0.15) is 0 Å². The summed E-state index contributed by atoms with van der Waals surface area (Å²) >= 11 is 0. The van der Waals surface area contributed by atoms with E-state index in [1.54, 1.807) is 0 Å². The summed E-state index contributed by atoms with van der Waals surface area (Å²) < 4.78 is 13.1. The number of carbonyl (C=O) groups excluding carboxylic acids is 2. The van der Waals surface area contributed by atoms with Crippen LogP contribution in [0.15, 0.2) is 18.2 Å². The van der Waals surface area contributed by atoms with Gasteiger partial charge in [-0.05, 0) is 31.0 Å². The van der Waals surface area contributed by atoms with Gasteiger partial charge in [-0.15, -0.1) is 0 Å². The number of hydrogen-bond donors (Lipinski definition) is 1. The Bertz CT molecular complexity index is 526. The fraction of sp³-hybridized carbons (Fsp3) is 0.385. The van der Waals surface area contributed by atoms with E-state index in [-0.39, 0.29) is 5.56 Å². The molecule has 2 aliphatic rings. The third-order valence-corrected chi connectivity index (χ3v) is 3.28. The van der Waals surface area contributed by atoms with Gasteiger partial charge in [0.1, 0.15) is 5.82 Å². The quantitative estimate of drug-likeness (QED) is 0.812. The maximum atomic E-state index is 13.1. The van der Waals surface area contributed by atoms with Crippen LogP contribution in [0.5, 0.6) is 0 Å². The molecule has 1 heterocycles. The number of fused-ring (bicyclic) bond motifs is 1. The Hall–Kier alpha value is -1.75. The summed E-state index contributed by atoms with van der Waals surface area (Å²) in [5.74, 6) is -1.67. The molecule has 0 saturated heterocycles. The SMILES string of the molecule is O=C1C(=O)N(CCNC2CC2)c2ccc(F)cc21. The minimum Gasteiger partial charge on any atom is -0.312 e. The van der Waals surface area contributed by atoms with Crippen LogP contribution in [-0.2, 0) is 4.79 Å². The lowest BCUT2D eigenvalue weighted by atomic mass is 10.1. The summed E-state index contributed by atoms with van der Waals surface area (Å²) in [6.07, 6.45) is 2.35. The van der Waals surface area contributed by atoms with Crippen molar-refractivity contribution in [1.82, 2.24) is 5.32 Å². The second-order valence-electron chi connectivity index (χ2n) is 4.68. The Labute approximate surface area is 104 Å². The molecule has 4 nitrogen and oxygen atoms in total. The number of amides is 1. The number of Topliss-reactive ketones (excluding diaryl/α,β-unsaturated/α-hetero) is 1. The molecule has 1 amide bonds. The summed E-state index contributed by atoms with van der Waals surface area (Å²) in [7, 11) is 0. The molecule has 0 atom stereocenters. The highest BCUT2D eigenvalue weighted by atomic mass is 19.1. The average molecular weight is 248 g/mol. The smallest absolute Gasteiger partial charge is 0.299 e. The van der Waals surface area contributed by atoms with Crippen LogP contribution in [0.2, 0.25) is 0 Å². The lowest BCUT2D eigenvalue weighted by Crippen LogP contribution is -2.36. The zero-order valence-corrected chi connectivity index (χ0v) is 9.78. The molecule has 18 heavy (non-hydrogen) atoms. The van der Waals surface area contributed by atoms with Crippen molar-refractivity contribution in [2.75, 3.05) is 18.0 Å². The van der Waals surface area contributed by atoms with Gasteiger partial charge in [0, 0.05) is 19.1 Å². The second-order valence-corrected chi connectivity index (χ2v) is 4.68. The van der Waals surface area contributed by atoms with Gasteiger partial charge in [-0.3, -0.25) is 9.59 Å². The van der Waals surface area contributed by atoms with Crippen molar-refractivity contribution < 1.29 is 14.0 Å². The van der Waals surface area contributed by atoms with Crippen molar-refractivity contribution in [3.05, 3.63) is 29.6 Å². The fourth-order valence-electron chi connectivity index (χ4n) is 2.16. The molecule has 5 heteroatoms. The number of carbonyl (C=O) groups is 2. The number of anilines is 1. The van der Waals surface area contributed by atoms with Crippen molar-refractivity contribution in [3.8, 4) is 0 Å². The van der Waals surface area contributed by atoms with Crippen LogP contribution in [0.3, 0.4) is 0 Å². The van der Waals surface area contributed by atoms with Crippen LogP contribution >= 0.6 is 0 Å². The van der Waals surface area contributed by atoms with E-state index in [0.29, 0.717) is 24.8 Å². The molecule has 0 unspecified atom stereocenters. The van der Waals surface area contributed by atoms with E-state index >= 15 is 0 Å². The Morgan fingerprint density at radius 2 is 2.11 bits per heavy atom. The first-order chi connectivity index (χ1) is 8.66. The van der Waals surface area contributed by atoms with E-state index in [9.17, 15) is 14.0 Å². The van der Waals surface area contributed by atoms with Gasteiger partial charge in [-0.25, -0.2) is 4.39 Å². The maximum Gasteiger partial charge on any atom is 0.299 e. The van der Waals surface area contributed by atoms with Crippen molar-refractivity contribution in [2.45, 2.75) is 18.9 Å². The number of hydrogen-bond acceptors (Lipinski definition) is 3. The number of nitrogens with one attached hydrogen (secondary N) is 1. The largest absolute Gasteiger partial charge is 0.312 e. The highest BCUT2D eigenvalue weighted by molar-refractivity contribution is 6.52. The first-order valence-corrected chi connectivity index (χ1v) is 6.06. The third kappa shape index (κ3) is 1.90. The van der Waals surface area contributed by atoms with Gasteiger partial charge in [-0.1, -0.05) is 0 Å². The summed E-state index contributed by atoms with van der Waals surface area (Å²) in [4.78, 5) is 24.9. The van der Waals surface area contributed by atoms with E-state index in [1.165, 1.54) is 29.9 Å². The fourth-order valence-corrected chi connectivity index (χ4v) is 2.16. The molecular formula is C13H13FN2O2. The molecule has 1 aromatic rings. The molecule has 0 aromatic heterocycles. The molecule has 3 rings (SSSR count). The highest BCUT2D eigenvalue weighted by Gasteiger charge is 2.35. The predicted molar refractivity (Wildman–Crippen MR) is 64.1 cm³/mol. The number of nitrogens with zero attached hydrogens (tertiary/aromatic N) is 1. The number of ketones is 1. The van der Waals surface area contributed by atoms with Crippen LogP contribution in [-0.4, -0.2) is 30.8 Å². The molecule has 1 aromatic carbocycles. The van der Waals surface area contributed by atoms with Gasteiger partial charge in [0.2, 0.25) is 0 Å². The monoisotopic (exact) mass is 248 g/mol. The van der Waals surface area contributed by atoms with Gasteiger partial charge >= 0.3 is 0 Å². The van der Waals surface area contributed by atoms with Crippen LogP contribution in [0.1, 0.15) is 23.2 Å². The van der Waals surface area contributed by atoms with E-state index in [0.717, 1.165) is 6.07 Å². The van der Waals surface area contributed by atoms with Gasteiger partial charge in [0.25, 0.3) is 11.7 Å². The standard InChI is InChI=1S/C13H13FN2O2/c14-8-1-4-11-10(7-8)12(17)13(18)16(11)6-5-15-9-2-3-9/h1,4,7,9,15H,2-3,5-6H2. The first kappa shape index (κ1) is 11.3. The van der Waals surface area contributed by atoms with Crippen LogP contribution in [0.25, 0.3) is 0 Å². The van der Waals surface area contributed by atoms with Gasteiger partial charge in [0.15, 0.2) is 0 Å². The van der Waals surface area contributed by atoms with Crippen molar-refractivity contribution in [3.63, 3.8) is 0 Å². The molecule has 1 aliphatic heterocycles. The highest BCUT2D eigenvalue weighted by Crippen LogP contribution is 2.29. The average Bonchev–Trinajstić information content (AvgIpc) is 3.14. The second kappa shape index (κ2) is 4.17. The number of benzene rings is 1.